The molecule has 4 aliphatic rings. The number of carbonyl (C=O) groups is 2. The summed E-state index contributed by atoms with van der Waals surface area (Å²) in [5.41, 5.74) is 0. The predicted molar refractivity (Wildman–Crippen MR) is 102 cm³/mol. The van der Waals surface area contributed by atoms with Crippen molar-refractivity contribution in [2.24, 2.45) is 17.8 Å². The molecule has 0 bridgehead atoms. The van der Waals surface area contributed by atoms with Crippen molar-refractivity contribution in [3.05, 3.63) is 0 Å². The molecule has 2 saturated heterocycles. The molecule has 2 aliphatic heterocycles. The summed E-state index contributed by atoms with van der Waals surface area (Å²) in [7, 11) is 0. The fraction of sp³-hybridized carbons (Fsp3) is 0.905. The van der Waals surface area contributed by atoms with Crippen LogP contribution in [0.2, 0.25) is 0 Å². The monoisotopic (exact) mass is 361 g/mol. The van der Waals surface area contributed by atoms with Crippen LogP contribution in [0.15, 0.2) is 0 Å². The Morgan fingerprint density at radius 2 is 1.23 bits per heavy atom. The van der Waals surface area contributed by atoms with Gasteiger partial charge in [0.2, 0.25) is 11.8 Å². The molecule has 2 aliphatic carbocycles. The quantitative estimate of drug-likeness (QED) is 0.818. The van der Waals surface area contributed by atoms with E-state index >= 15 is 0 Å². The summed E-state index contributed by atoms with van der Waals surface area (Å²) in [6.07, 6.45) is 11.2. The molecule has 2 atom stereocenters. The lowest BCUT2D eigenvalue weighted by Crippen LogP contribution is -2.50. The van der Waals surface area contributed by atoms with E-state index in [9.17, 15) is 9.59 Å². The first kappa shape index (κ1) is 18.3. The van der Waals surface area contributed by atoms with Gasteiger partial charge in [0.25, 0.3) is 0 Å². The third-order valence-corrected chi connectivity index (χ3v) is 7.02. The first-order chi connectivity index (χ1) is 12.7. The minimum absolute atomic E-state index is 0.0555. The Hall–Kier alpha value is -1.10. The molecule has 26 heavy (non-hydrogen) atoms. The van der Waals surface area contributed by atoms with Crippen molar-refractivity contribution in [2.45, 2.75) is 70.3 Å². The largest absolute Gasteiger partial charge is 0.342 e. The van der Waals surface area contributed by atoms with Gasteiger partial charge < -0.3 is 15.1 Å². The average molecular weight is 362 g/mol. The van der Waals surface area contributed by atoms with E-state index in [-0.39, 0.29) is 23.7 Å². The zero-order valence-electron chi connectivity index (χ0n) is 16.1. The highest BCUT2D eigenvalue weighted by Crippen LogP contribution is 2.34. The zero-order valence-corrected chi connectivity index (χ0v) is 16.1. The molecule has 1 N–H and O–H groups in total. The topological polar surface area (TPSA) is 52.7 Å². The van der Waals surface area contributed by atoms with Crippen molar-refractivity contribution in [1.29, 1.82) is 0 Å². The summed E-state index contributed by atoms with van der Waals surface area (Å²) in [6, 6.07) is 0.577. The second-order valence-corrected chi connectivity index (χ2v) is 8.98. The Morgan fingerprint density at radius 3 is 1.77 bits per heavy atom. The summed E-state index contributed by atoms with van der Waals surface area (Å²) in [6.45, 7) is 4.68. The fourth-order valence-electron chi connectivity index (χ4n) is 5.09. The van der Waals surface area contributed by atoms with Crippen LogP contribution in [0.5, 0.6) is 0 Å². The van der Waals surface area contributed by atoms with Crippen molar-refractivity contribution < 1.29 is 9.59 Å². The van der Waals surface area contributed by atoms with Crippen LogP contribution in [0.3, 0.4) is 0 Å². The van der Waals surface area contributed by atoms with Gasteiger partial charge in [-0.1, -0.05) is 12.8 Å². The molecule has 0 aromatic carbocycles. The SMILES string of the molecule is O=C(C1CCCCC1C(=O)N1CCC(NCC2CC2)CC1)N1CCCC1. The minimum Gasteiger partial charge on any atom is -0.342 e. The standard InChI is InChI=1S/C21H35N3O2/c25-20(23-11-3-4-12-23)18-5-1-2-6-19(18)21(26)24-13-9-17(10-14-24)22-15-16-7-8-16/h16-19,22H,1-15H2. The molecule has 0 aromatic heterocycles. The lowest BCUT2D eigenvalue weighted by molar-refractivity contribution is -0.148. The number of piperidine rings is 1. The van der Waals surface area contributed by atoms with E-state index in [0.717, 1.165) is 90.0 Å². The highest BCUT2D eigenvalue weighted by atomic mass is 16.2. The van der Waals surface area contributed by atoms with Crippen LogP contribution in [-0.4, -0.2) is 60.4 Å². The van der Waals surface area contributed by atoms with E-state index in [1.54, 1.807) is 0 Å². The van der Waals surface area contributed by atoms with Crippen molar-refractivity contribution in [3.8, 4) is 0 Å². The number of amides is 2. The Balaban J connectivity index is 1.31. The molecule has 4 rings (SSSR count). The second kappa shape index (κ2) is 8.28. The Morgan fingerprint density at radius 1 is 0.692 bits per heavy atom. The molecule has 2 unspecified atom stereocenters. The smallest absolute Gasteiger partial charge is 0.226 e. The van der Waals surface area contributed by atoms with Crippen LogP contribution in [-0.2, 0) is 9.59 Å². The molecule has 0 aromatic rings. The predicted octanol–water partition coefficient (Wildman–Crippen LogP) is 2.41. The van der Waals surface area contributed by atoms with Gasteiger partial charge in [-0.2, -0.15) is 0 Å². The van der Waals surface area contributed by atoms with Gasteiger partial charge in [0.15, 0.2) is 0 Å². The van der Waals surface area contributed by atoms with Crippen molar-refractivity contribution >= 4 is 11.8 Å². The molecule has 2 amide bonds. The second-order valence-electron chi connectivity index (χ2n) is 8.98. The van der Waals surface area contributed by atoms with Crippen LogP contribution < -0.4 is 5.32 Å². The van der Waals surface area contributed by atoms with E-state index in [1.165, 1.54) is 12.8 Å². The highest BCUT2D eigenvalue weighted by molar-refractivity contribution is 5.88. The van der Waals surface area contributed by atoms with Gasteiger partial charge in [-0.05, 0) is 63.8 Å². The summed E-state index contributed by atoms with van der Waals surface area (Å²) < 4.78 is 0. The van der Waals surface area contributed by atoms with Gasteiger partial charge >= 0.3 is 0 Å². The van der Waals surface area contributed by atoms with Gasteiger partial charge in [0.05, 0.1) is 0 Å². The van der Waals surface area contributed by atoms with Crippen LogP contribution >= 0.6 is 0 Å². The van der Waals surface area contributed by atoms with Gasteiger partial charge in [-0.25, -0.2) is 0 Å². The zero-order chi connectivity index (χ0) is 17.9. The number of nitrogens with one attached hydrogen (secondary N) is 1. The van der Waals surface area contributed by atoms with Gasteiger partial charge in [0.1, 0.15) is 0 Å². The maximum absolute atomic E-state index is 13.2. The molecule has 2 heterocycles. The normalized spacial score (nSPS) is 30.6. The minimum atomic E-state index is -0.0622. The Bertz CT molecular complexity index is 505. The Labute approximate surface area is 157 Å². The Kier molecular flexibility index (Phi) is 5.82. The van der Waals surface area contributed by atoms with Crippen molar-refractivity contribution in [1.82, 2.24) is 15.1 Å². The van der Waals surface area contributed by atoms with Crippen molar-refractivity contribution in [3.63, 3.8) is 0 Å². The number of hydrogen-bond acceptors (Lipinski definition) is 3. The van der Waals surface area contributed by atoms with Gasteiger partial charge in [-0.15, -0.1) is 0 Å². The maximum atomic E-state index is 13.2. The van der Waals surface area contributed by atoms with Crippen LogP contribution in [0.4, 0.5) is 0 Å². The van der Waals surface area contributed by atoms with E-state index in [0.29, 0.717) is 6.04 Å². The first-order valence-corrected chi connectivity index (χ1v) is 11.0. The number of nitrogens with zero attached hydrogens (tertiary/aromatic N) is 2. The molecule has 146 valence electrons. The summed E-state index contributed by atoms with van der Waals surface area (Å²) >= 11 is 0. The third-order valence-electron chi connectivity index (χ3n) is 7.02. The van der Waals surface area contributed by atoms with Gasteiger partial charge in [0, 0.05) is 44.1 Å². The number of likely N-dealkylation sites (tertiary alicyclic amines) is 2. The molecule has 5 nitrogen and oxygen atoms in total. The highest BCUT2D eigenvalue weighted by Gasteiger charge is 2.40. The maximum Gasteiger partial charge on any atom is 0.226 e. The third kappa shape index (κ3) is 4.24. The molecule has 0 spiro atoms. The van der Waals surface area contributed by atoms with Crippen molar-refractivity contribution in [2.75, 3.05) is 32.7 Å². The number of carbonyl (C=O) groups excluding carboxylic acids is 2. The summed E-state index contributed by atoms with van der Waals surface area (Å²) in [5, 5.41) is 3.69. The molecule has 2 saturated carbocycles. The average Bonchev–Trinajstić information content (AvgIpc) is 3.36. The lowest BCUT2D eigenvalue weighted by atomic mass is 9.77. The molecular formula is C21H35N3O2. The van der Waals surface area contributed by atoms with E-state index in [2.05, 4.69) is 10.2 Å². The van der Waals surface area contributed by atoms with Crippen LogP contribution in [0.1, 0.15) is 64.2 Å². The molecular weight excluding hydrogens is 326 g/mol. The molecule has 0 radical (unpaired) electrons. The number of rotatable bonds is 5. The summed E-state index contributed by atoms with van der Waals surface area (Å²) in [4.78, 5) is 30.2. The van der Waals surface area contributed by atoms with Gasteiger partial charge in [-0.3, -0.25) is 9.59 Å². The number of hydrogen-bond donors (Lipinski definition) is 1. The fourth-order valence-corrected chi connectivity index (χ4v) is 5.09. The lowest BCUT2D eigenvalue weighted by Gasteiger charge is -2.38. The van der Waals surface area contributed by atoms with E-state index < -0.39 is 0 Å². The van der Waals surface area contributed by atoms with E-state index in [1.807, 2.05) is 4.90 Å². The molecule has 5 heteroatoms. The van der Waals surface area contributed by atoms with Crippen LogP contribution in [0.25, 0.3) is 0 Å². The first-order valence-electron chi connectivity index (χ1n) is 11.0. The van der Waals surface area contributed by atoms with Crippen LogP contribution in [0, 0.1) is 17.8 Å². The molecule has 4 fully saturated rings. The summed E-state index contributed by atoms with van der Waals surface area (Å²) in [5.74, 6) is 1.33. The van der Waals surface area contributed by atoms with E-state index in [4.69, 9.17) is 0 Å².